The summed E-state index contributed by atoms with van der Waals surface area (Å²) in [5.74, 6) is -0.236. The third kappa shape index (κ3) is 4.06. The molecule has 2 aromatic rings. The van der Waals surface area contributed by atoms with E-state index < -0.39 is 6.03 Å². The van der Waals surface area contributed by atoms with E-state index in [0.717, 1.165) is 23.1 Å². The molecule has 0 radical (unpaired) electrons. The molecule has 0 fully saturated rings. The summed E-state index contributed by atoms with van der Waals surface area (Å²) in [5, 5.41) is 1.15. The SMILES string of the molecule is C.NC(N)=NC(=O)N1CCc2cccc(-c3ccc(Cl)cc3Cl)c2C1. The smallest absolute Gasteiger partial charge is 0.347 e. The predicted octanol–water partition coefficient (Wildman–Crippen LogP) is 4.05. The maximum atomic E-state index is 12.1. The Bertz CT molecular complexity index is 832. The van der Waals surface area contributed by atoms with Crippen molar-refractivity contribution in [3.63, 3.8) is 0 Å². The molecule has 2 aromatic carbocycles. The van der Waals surface area contributed by atoms with Crippen molar-refractivity contribution in [2.45, 2.75) is 20.4 Å². The molecule has 0 saturated heterocycles. The number of nitrogens with two attached hydrogens (primary N) is 2. The van der Waals surface area contributed by atoms with Crippen LogP contribution in [0, 0.1) is 0 Å². The quantitative estimate of drug-likeness (QED) is 0.579. The van der Waals surface area contributed by atoms with Crippen LogP contribution in [0.25, 0.3) is 11.1 Å². The zero-order valence-electron chi connectivity index (χ0n) is 12.8. The van der Waals surface area contributed by atoms with Crippen LogP contribution in [-0.2, 0) is 13.0 Å². The number of urea groups is 1. The Morgan fingerprint density at radius 1 is 1.12 bits per heavy atom. The zero-order chi connectivity index (χ0) is 17.3. The summed E-state index contributed by atoms with van der Waals surface area (Å²) in [6.45, 7) is 1.00. The van der Waals surface area contributed by atoms with Gasteiger partial charge >= 0.3 is 6.03 Å². The van der Waals surface area contributed by atoms with Gasteiger partial charge in [0.25, 0.3) is 0 Å². The number of amides is 2. The van der Waals surface area contributed by atoms with Gasteiger partial charge in [-0.05, 0) is 35.2 Å². The van der Waals surface area contributed by atoms with E-state index >= 15 is 0 Å². The molecule has 7 heteroatoms. The molecule has 25 heavy (non-hydrogen) atoms. The molecule has 1 aliphatic heterocycles. The van der Waals surface area contributed by atoms with Crippen molar-refractivity contribution in [3.8, 4) is 11.1 Å². The number of halogens is 2. The van der Waals surface area contributed by atoms with Crippen molar-refractivity contribution >= 4 is 35.2 Å². The summed E-state index contributed by atoms with van der Waals surface area (Å²) in [4.78, 5) is 17.4. The van der Waals surface area contributed by atoms with Crippen LogP contribution in [0.4, 0.5) is 4.79 Å². The Morgan fingerprint density at radius 2 is 1.88 bits per heavy atom. The van der Waals surface area contributed by atoms with Gasteiger partial charge in [0.05, 0.1) is 0 Å². The first kappa shape index (κ1) is 19.1. The summed E-state index contributed by atoms with van der Waals surface area (Å²) >= 11 is 12.3. The topological polar surface area (TPSA) is 84.7 Å². The van der Waals surface area contributed by atoms with Gasteiger partial charge in [-0.2, -0.15) is 4.99 Å². The lowest BCUT2D eigenvalue weighted by molar-refractivity contribution is 0.203. The van der Waals surface area contributed by atoms with E-state index in [-0.39, 0.29) is 13.4 Å². The summed E-state index contributed by atoms with van der Waals surface area (Å²) in [5.41, 5.74) is 14.7. The highest BCUT2D eigenvalue weighted by Crippen LogP contribution is 2.35. The molecule has 1 aliphatic rings. The van der Waals surface area contributed by atoms with Crippen LogP contribution in [0.5, 0.6) is 0 Å². The van der Waals surface area contributed by atoms with Gasteiger partial charge in [0, 0.05) is 28.7 Å². The summed E-state index contributed by atoms with van der Waals surface area (Å²) in [6, 6.07) is 11.0. The Kier molecular flexibility index (Phi) is 5.93. The molecule has 0 saturated carbocycles. The first-order valence-electron chi connectivity index (χ1n) is 7.40. The van der Waals surface area contributed by atoms with Crippen LogP contribution >= 0.6 is 23.2 Å². The van der Waals surface area contributed by atoms with Gasteiger partial charge in [-0.25, -0.2) is 4.79 Å². The lowest BCUT2D eigenvalue weighted by atomic mass is 9.91. The number of benzene rings is 2. The molecule has 0 atom stereocenters. The summed E-state index contributed by atoms with van der Waals surface area (Å²) in [7, 11) is 0. The molecule has 2 amide bonds. The van der Waals surface area contributed by atoms with E-state index in [1.165, 1.54) is 5.56 Å². The molecule has 0 bridgehead atoms. The molecular formula is C18H20Cl2N4O. The van der Waals surface area contributed by atoms with Crippen LogP contribution in [0.3, 0.4) is 0 Å². The van der Waals surface area contributed by atoms with Gasteiger partial charge in [0.1, 0.15) is 0 Å². The molecule has 0 aliphatic carbocycles. The highest BCUT2D eigenvalue weighted by atomic mass is 35.5. The van der Waals surface area contributed by atoms with Crippen LogP contribution < -0.4 is 11.5 Å². The number of fused-ring (bicyclic) bond motifs is 1. The molecule has 0 spiro atoms. The third-order valence-electron chi connectivity index (χ3n) is 3.99. The van der Waals surface area contributed by atoms with Gasteiger partial charge in [0.15, 0.2) is 5.96 Å². The number of guanidine groups is 1. The Hall–Kier alpha value is -2.24. The normalized spacial score (nSPS) is 12.8. The fourth-order valence-corrected chi connectivity index (χ4v) is 3.40. The van der Waals surface area contributed by atoms with E-state index in [0.29, 0.717) is 23.1 Å². The molecule has 0 aromatic heterocycles. The second-order valence-corrected chi connectivity index (χ2v) is 6.40. The van der Waals surface area contributed by atoms with E-state index in [2.05, 4.69) is 11.1 Å². The number of hydrogen-bond acceptors (Lipinski definition) is 1. The van der Waals surface area contributed by atoms with Crippen molar-refractivity contribution in [2.75, 3.05) is 6.54 Å². The lowest BCUT2D eigenvalue weighted by Crippen LogP contribution is -2.36. The van der Waals surface area contributed by atoms with Gasteiger partial charge in [-0.15, -0.1) is 0 Å². The van der Waals surface area contributed by atoms with Gasteiger partial charge in [-0.1, -0.05) is 54.9 Å². The fraction of sp³-hybridized carbons (Fsp3) is 0.222. The highest BCUT2D eigenvalue weighted by Gasteiger charge is 2.23. The number of carbonyl (C=O) groups is 1. The molecule has 1 heterocycles. The van der Waals surface area contributed by atoms with Gasteiger partial charge in [0.2, 0.25) is 0 Å². The Labute approximate surface area is 157 Å². The summed E-state index contributed by atoms with van der Waals surface area (Å²) in [6.07, 6.45) is 0.736. The molecule has 0 unspecified atom stereocenters. The molecule has 4 N–H and O–H groups in total. The van der Waals surface area contributed by atoms with Gasteiger partial charge in [-0.3, -0.25) is 0 Å². The monoisotopic (exact) mass is 378 g/mol. The minimum Gasteiger partial charge on any atom is -0.370 e. The summed E-state index contributed by atoms with van der Waals surface area (Å²) < 4.78 is 0. The van der Waals surface area contributed by atoms with E-state index in [1.807, 2.05) is 18.2 Å². The first-order chi connectivity index (χ1) is 11.5. The second kappa shape index (κ2) is 7.76. The number of rotatable bonds is 1. The predicted molar refractivity (Wildman–Crippen MR) is 104 cm³/mol. The zero-order valence-corrected chi connectivity index (χ0v) is 14.3. The molecular weight excluding hydrogens is 359 g/mol. The van der Waals surface area contributed by atoms with Crippen LogP contribution in [-0.4, -0.2) is 23.4 Å². The number of carbonyl (C=O) groups excluding carboxylic acids is 1. The van der Waals surface area contributed by atoms with Crippen LogP contribution in [0.15, 0.2) is 41.4 Å². The Morgan fingerprint density at radius 3 is 2.56 bits per heavy atom. The molecule has 5 nitrogen and oxygen atoms in total. The number of hydrogen-bond donors (Lipinski definition) is 2. The van der Waals surface area contributed by atoms with E-state index in [4.69, 9.17) is 34.7 Å². The first-order valence-corrected chi connectivity index (χ1v) is 8.16. The van der Waals surface area contributed by atoms with Crippen molar-refractivity contribution in [1.82, 2.24) is 4.90 Å². The molecule has 3 rings (SSSR count). The largest absolute Gasteiger partial charge is 0.370 e. The van der Waals surface area contributed by atoms with Crippen molar-refractivity contribution in [1.29, 1.82) is 0 Å². The standard InChI is InChI=1S/C17H16Cl2N4O.CH4/c18-11-4-5-13(15(19)8-11)12-3-1-2-10-6-7-23(9-14(10)12)17(24)22-16(20)21;/h1-5,8H,6-7,9H2,(H4,20,21,22,24);1H4. The minimum atomic E-state index is -0.433. The molecule has 132 valence electrons. The van der Waals surface area contributed by atoms with Crippen LogP contribution in [0.1, 0.15) is 18.6 Å². The third-order valence-corrected chi connectivity index (χ3v) is 4.54. The van der Waals surface area contributed by atoms with E-state index in [1.54, 1.807) is 17.0 Å². The maximum Gasteiger partial charge on any atom is 0.347 e. The second-order valence-electron chi connectivity index (χ2n) is 5.56. The van der Waals surface area contributed by atoms with Crippen molar-refractivity contribution in [2.24, 2.45) is 16.5 Å². The van der Waals surface area contributed by atoms with E-state index in [9.17, 15) is 4.79 Å². The van der Waals surface area contributed by atoms with Crippen LogP contribution in [0.2, 0.25) is 10.0 Å². The number of aliphatic imine (C=N–C) groups is 1. The fourth-order valence-electron chi connectivity index (χ4n) is 2.89. The highest BCUT2D eigenvalue weighted by molar-refractivity contribution is 6.36. The maximum absolute atomic E-state index is 12.1. The minimum absolute atomic E-state index is 0. The number of nitrogens with zero attached hydrogens (tertiary/aromatic N) is 2. The average Bonchev–Trinajstić information content (AvgIpc) is 2.53. The Balaban J connectivity index is 0.00000225. The van der Waals surface area contributed by atoms with Crippen molar-refractivity contribution < 1.29 is 4.79 Å². The lowest BCUT2D eigenvalue weighted by Gasteiger charge is -2.29. The average molecular weight is 379 g/mol. The van der Waals surface area contributed by atoms with Crippen molar-refractivity contribution in [3.05, 3.63) is 57.6 Å². The van der Waals surface area contributed by atoms with Gasteiger partial charge < -0.3 is 16.4 Å².